The molecule has 0 aliphatic carbocycles. The van der Waals surface area contributed by atoms with Crippen LogP contribution in [-0.2, 0) is 4.74 Å². The zero-order chi connectivity index (χ0) is 15.9. The molecular formula is C17H26N4O2. The van der Waals surface area contributed by atoms with Gasteiger partial charge in [-0.1, -0.05) is 0 Å². The molecule has 23 heavy (non-hydrogen) atoms. The number of anilines is 1. The van der Waals surface area contributed by atoms with Crippen LogP contribution in [0, 0.1) is 0 Å². The van der Waals surface area contributed by atoms with Crippen LogP contribution >= 0.6 is 0 Å². The lowest BCUT2D eigenvalue weighted by Crippen LogP contribution is -2.39. The number of likely N-dealkylation sites (tertiary alicyclic amines) is 1. The van der Waals surface area contributed by atoms with Crippen LogP contribution in [0.1, 0.15) is 29.6 Å². The number of hydrogen-bond acceptors (Lipinski definition) is 5. The Balaban J connectivity index is 1.51. The van der Waals surface area contributed by atoms with Crippen LogP contribution in [0.3, 0.4) is 0 Å². The topological polar surface area (TPSA) is 57.7 Å². The van der Waals surface area contributed by atoms with Gasteiger partial charge in [0.1, 0.15) is 0 Å². The summed E-state index contributed by atoms with van der Waals surface area (Å²) in [5.41, 5.74) is 1.60. The second kappa shape index (κ2) is 8.26. The average Bonchev–Trinajstić information content (AvgIpc) is 2.63. The Bertz CT molecular complexity index is 511. The Morgan fingerprint density at radius 2 is 1.91 bits per heavy atom. The molecule has 3 heterocycles. The largest absolute Gasteiger partial charge is 0.382 e. The minimum atomic E-state index is 0.106. The van der Waals surface area contributed by atoms with Gasteiger partial charge >= 0.3 is 0 Å². The minimum absolute atomic E-state index is 0.106. The summed E-state index contributed by atoms with van der Waals surface area (Å²) in [6.07, 6.45) is 6.90. The number of pyridine rings is 1. The van der Waals surface area contributed by atoms with Crippen LogP contribution in [0.15, 0.2) is 18.5 Å². The van der Waals surface area contributed by atoms with Gasteiger partial charge in [-0.2, -0.15) is 0 Å². The van der Waals surface area contributed by atoms with E-state index in [0.717, 1.165) is 71.0 Å². The quantitative estimate of drug-likeness (QED) is 0.890. The molecule has 0 spiro atoms. The van der Waals surface area contributed by atoms with E-state index in [1.54, 1.807) is 12.4 Å². The van der Waals surface area contributed by atoms with E-state index in [-0.39, 0.29) is 5.91 Å². The lowest BCUT2D eigenvalue weighted by Gasteiger charge is -2.27. The Morgan fingerprint density at radius 1 is 1.13 bits per heavy atom. The smallest absolute Gasteiger partial charge is 0.255 e. The van der Waals surface area contributed by atoms with Crippen molar-refractivity contribution >= 4 is 11.6 Å². The number of hydrogen-bond donors (Lipinski definition) is 1. The van der Waals surface area contributed by atoms with E-state index < -0.39 is 0 Å². The van der Waals surface area contributed by atoms with Crippen molar-refractivity contribution in [3.63, 3.8) is 0 Å². The molecule has 126 valence electrons. The summed E-state index contributed by atoms with van der Waals surface area (Å²) in [7, 11) is 0. The first-order valence-electron chi connectivity index (χ1n) is 8.61. The van der Waals surface area contributed by atoms with E-state index in [1.807, 2.05) is 11.0 Å². The number of ether oxygens (including phenoxy) is 1. The molecule has 2 aliphatic heterocycles. The number of aromatic nitrogens is 1. The molecule has 1 amide bonds. The summed E-state index contributed by atoms with van der Waals surface area (Å²) >= 11 is 0. The third-order valence-corrected chi connectivity index (χ3v) is 4.49. The van der Waals surface area contributed by atoms with Crippen molar-refractivity contribution in [2.24, 2.45) is 0 Å². The van der Waals surface area contributed by atoms with E-state index >= 15 is 0 Å². The maximum atomic E-state index is 12.5. The summed E-state index contributed by atoms with van der Waals surface area (Å²) in [5.74, 6) is 0.106. The van der Waals surface area contributed by atoms with Crippen molar-refractivity contribution < 1.29 is 9.53 Å². The number of piperidine rings is 1. The zero-order valence-corrected chi connectivity index (χ0v) is 13.7. The molecule has 3 rings (SSSR count). The number of carbonyl (C=O) groups is 1. The van der Waals surface area contributed by atoms with Gasteiger partial charge < -0.3 is 15.0 Å². The van der Waals surface area contributed by atoms with Gasteiger partial charge in [0.15, 0.2) is 0 Å². The van der Waals surface area contributed by atoms with Crippen molar-refractivity contribution in [1.82, 2.24) is 14.8 Å². The molecule has 6 nitrogen and oxygen atoms in total. The van der Waals surface area contributed by atoms with Crippen molar-refractivity contribution in [3.8, 4) is 0 Å². The van der Waals surface area contributed by atoms with Crippen molar-refractivity contribution in [2.75, 3.05) is 57.8 Å². The molecule has 0 atom stereocenters. The first-order valence-corrected chi connectivity index (χ1v) is 8.61. The Hall–Kier alpha value is -1.66. The maximum absolute atomic E-state index is 12.5. The SMILES string of the molecule is O=C(c1cncc(NCCN2CCOCC2)c1)N1CCCCC1. The van der Waals surface area contributed by atoms with Gasteiger partial charge in [-0.05, 0) is 25.3 Å². The average molecular weight is 318 g/mol. The molecule has 1 aromatic heterocycles. The lowest BCUT2D eigenvalue weighted by molar-refractivity contribution is 0.0398. The molecule has 1 N–H and O–H groups in total. The van der Waals surface area contributed by atoms with E-state index in [9.17, 15) is 4.79 Å². The summed E-state index contributed by atoms with van der Waals surface area (Å²) in [6.45, 7) is 7.20. The second-order valence-electron chi connectivity index (χ2n) is 6.20. The standard InChI is InChI=1S/C17H26N4O2/c22-17(21-5-2-1-3-6-21)15-12-16(14-18-13-15)19-4-7-20-8-10-23-11-9-20/h12-14,19H,1-11H2. The van der Waals surface area contributed by atoms with E-state index in [1.165, 1.54) is 6.42 Å². The fourth-order valence-corrected chi connectivity index (χ4v) is 3.12. The molecule has 0 bridgehead atoms. The first kappa shape index (κ1) is 16.2. The van der Waals surface area contributed by atoms with Gasteiger partial charge in [0, 0.05) is 51.7 Å². The van der Waals surface area contributed by atoms with Crippen molar-refractivity contribution in [2.45, 2.75) is 19.3 Å². The van der Waals surface area contributed by atoms with Gasteiger partial charge in [0.2, 0.25) is 0 Å². The summed E-state index contributed by atoms with van der Waals surface area (Å²) < 4.78 is 5.35. The monoisotopic (exact) mass is 318 g/mol. The van der Waals surface area contributed by atoms with E-state index in [4.69, 9.17) is 4.74 Å². The van der Waals surface area contributed by atoms with Gasteiger partial charge in [-0.15, -0.1) is 0 Å². The molecule has 0 aromatic carbocycles. The highest BCUT2D eigenvalue weighted by Gasteiger charge is 2.18. The number of nitrogens with zero attached hydrogens (tertiary/aromatic N) is 3. The third kappa shape index (κ3) is 4.65. The van der Waals surface area contributed by atoms with Crippen LogP contribution in [-0.4, -0.2) is 73.2 Å². The maximum Gasteiger partial charge on any atom is 0.255 e. The highest BCUT2D eigenvalue weighted by Crippen LogP contribution is 2.15. The fourth-order valence-electron chi connectivity index (χ4n) is 3.12. The highest BCUT2D eigenvalue weighted by molar-refractivity contribution is 5.94. The number of morpholine rings is 1. The first-order chi connectivity index (χ1) is 11.3. The Labute approximate surface area is 137 Å². The third-order valence-electron chi connectivity index (χ3n) is 4.49. The van der Waals surface area contributed by atoms with E-state index in [2.05, 4.69) is 15.2 Å². The molecule has 1 aromatic rings. The molecular weight excluding hydrogens is 292 g/mol. The van der Waals surface area contributed by atoms with Crippen LogP contribution in [0.25, 0.3) is 0 Å². The minimum Gasteiger partial charge on any atom is -0.382 e. The number of nitrogens with one attached hydrogen (secondary N) is 1. The number of amides is 1. The number of rotatable bonds is 5. The predicted octanol–water partition coefficient (Wildman–Crippen LogP) is 1.45. The highest BCUT2D eigenvalue weighted by atomic mass is 16.5. The Kier molecular flexibility index (Phi) is 5.82. The molecule has 0 saturated carbocycles. The Morgan fingerprint density at radius 3 is 2.70 bits per heavy atom. The van der Waals surface area contributed by atoms with Crippen LogP contribution in [0.5, 0.6) is 0 Å². The number of carbonyl (C=O) groups excluding carboxylic acids is 1. The molecule has 6 heteroatoms. The molecule has 2 saturated heterocycles. The van der Waals surface area contributed by atoms with Crippen molar-refractivity contribution in [1.29, 1.82) is 0 Å². The summed E-state index contributed by atoms with van der Waals surface area (Å²) in [4.78, 5) is 21.1. The van der Waals surface area contributed by atoms with E-state index in [0.29, 0.717) is 5.56 Å². The summed E-state index contributed by atoms with van der Waals surface area (Å²) in [6, 6.07) is 1.92. The summed E-state index contributed by atoms with van der Waals surface area (Å²) in [5, 5.41) is 3.37. The molecule has 2 fully saturated rings. The van der Waals surface area contributed by atoms with Gasteiger partial charge in [0.25, 0.3) is 5.91 Å². The fraction of sp³-hybridized carbons (Fsp3) is 0.647. The van der Waals surface area contributed by atoms with Crippen molar-refractivity contribution in [3.05, 3.63) is 24.0 Å². The van der Waals surface area contributed by atoms with Crippen LogP contribution < -0.4 is 5.32 Å². The lowest BCUT2D eigenvalue weighted by atomic mass is 10.1. The molecule has 0 unspecified atom stereocenters. The normalized spacial score (nSPS) is 19.6. The van der Waals surface area contributed by atoms with Crippen LogP contribution in [0.4, 0.5) is 5.69 Å². The second-order valence-corrected chi connectivity index (χ2v) is 6.20. The molecule has 0 radical (unpaired) electrons. The van der Waals surface area contributed by atoms with Crippen LogP contribution in [0.2, 0.25) is 0 Å². The van der Waals surface area contributed by atoms with Gasteiger partial charge in [-0.3, -0.25) is 14.7 Å². The molecule has 2 aliphatic rings. The van der Waals surface area contributed by atoms with Gasteiger partial charge in [-0.25, -0.2) is 0 Å². The predicted molar refractivity (Wildman–Crippen MR) is 89.7 cm³/mol. The zero-order valence-electron chi connectivity index (χ0n) is 13.7. The van der Waals surface area contributed by atoms with Gasteiger partial charge in [0.05, 0.1) is 24.5 Å².